The molecule has 4 aliphatic carbocycles. The van der Waals surface area contributed by atoms with Crippen LogP contribution < -0.4 is 10.6 Å². The van der Waals surface area contributed by atoms with Crippen LogP contribution in [0.2, 0.25) is 0 Å². The van der Waals surface area contributed by atoms with Gasteiger partial charge in [-0.05, 0) is 77.0 Å². The third kappa shape index (κ3) is 6.39. The first-order valence-electron chi connectivity index (χ1n) is 18.0. The van der Waals surface area contributed by atoms with Gasteiger partial charge in [0, 0.05) is 12.1 Å². The number of carbonyl (C=O) groups is 4. The Morgan fingerprint density at radius 2 is 0.955 bits per heavy atom. The predicted octanol–water partition coefficient (Wildman–Crippen LogP) is 5.71. The second-order valence-electron chi connectivity index (χ2n) is 14.5. The zero-order valence-electron chi connectivity index (χ0n) is 26.6. The molecule has 0 unspecified atom stereocenters. The van der Waals surface area contributed by atoms with E-state index in [1.165, 1.54) is 9.80 Å². The molecule has 6 rings (SSSR count). The lowest BCUT2D eigenvalue weighted by molar-refractivity contribution is -0.148. The quantitative estimate of drug-likeness (QED) is 0.350. The van der Waals surface area contributed by atoms with Crippen molar-refractivity contribution >= 4 is 24.0 Å². The van der Waals surface area contributed by atoms with Gasteiger partial charge in [0.2, 0.25) is 0 Å². The van der Waals surface area contributed by atoms with Gasteiger partial charge in [-0.3, -0.25) is 20.2 Å². The lowest BCUT2D eigenvalue weighted by Gasteiger charge is -2.52. The highest BCUT2D eigenvalue weighted by Gasteiger charge is 2.55. The van der Waals surface area contributed by atoms with E-state index in [2.05, 4.69) is 10.6 Å². The van der Waals surface area contributed by atoms with Crippen molar-refractivity contribution in [2.75, 3.05) is 13.2 Å². The Morgan fingerprint density at radius 1 is 0.568 bits per heavy atom. The molecule has 0 bridgehead atoms. The van der Waals surface area contributed by atoms with E-state index in [-0.39, 0.29) is 49.2 Å². The van der Waals surface area contributed by atoms with Crippen LogP contribution in [-0.4, -0.2) is 82.3 Å². The number of piperazine rings is 2. The topological polar surface area (TPSA) is 117 Å². The van der Waals surface area contributed by atoms with E-state index in [9.17, 15) is 19.2 Å². The maximum atomic E-state index is 13.7. The average Bonchev–Trinajstić information content (AvgIpc) is 3.04. The molecule has 4 atom stereocenters. The Morgan fingerprint density at radius 3 is 1.36 bits per heavy atom. The molecule has 4 saturated carbocycles. The Balaban J connectivity index is 0.931. The standard InChI is InChI=1S/C34H54N4O6/c39-29-33(19-9-3-10-20-33)35-25-15-5-7-17-27(25)37(29)31(41)43-23-13-1-2-14-24-44-32(42)38-28-18-8-6-16-26(28)36-34(30(38)40)21-11-4-12-22-34/h25-28,35-36H,1-24H2/t25-,26-,27-,28-/m0/s1. The zero-order chi connectivity index (χ0) is 30.6. The molecule has 0 aromatic carbocycles. The van der Waals surface area contributed by atoms with Crippen LogP contribution in [-0.2, 0) is 19.1 Å². The molecule has 4 amide bonds. The van der Waals surface area contributed by atoms with Crippen LogP contribution in [0.4, 0.5) is 9.59 Å². The molecular formula is C34H54N4O6. The van der Waals surface area contributed by atoms with E-state index < -0.39 is 23.3 Å². The summed E-state index contributed by atoms with van der Waals surface area (Å²) in [6, 6.07) is 0.128. The maximum Gasteiger partial charge on any atom is 0.416 e. The second kappa shape index (κ2) is 14.1. The van der Waals surface area contributed by atoms with E-state index in [1.807, 2.05) is 0 Å². The van der Waals surface area contributed by atoms with E-state index in [4.69, 9.17) is 9.47 Å². The molecule has 0 aromatic rings. The lowest BCUT2D eigenvalue weighted by atomic mass is 9.75. The number of nitrogens with zero attached hydrogens (tertiary/aromatic N) is 2. The highest BCUT2D eigenvalue weighted by Crippen LogP contribution is 2.40. The van der Waals surface area contributed by atoms with Crippen molar-refractivity contribution in [3.8, 4) is 0 Å². The van der Waals surface area contributed by atoms with Crippen molar-refractivity contribution < 1.29 is 28.7 Å². The summed E-state index contributed by atoms with van der Waals surface area (Å²) >= 11 is 0. The van der Waals surface area contributed by atoms with Crippen LogP contribution >= 0.6 is 0 Å². The van der Waals surface area contributed by atoms with Gasteiger partial charge < -0.3 is 9.47 Å². The second-order valence-corrected chi connectivity index (χ2v) is 14.5. The Labute approximate surface area is 262 Å². The number of hydrogen-bond acceptors (Lipinski definition) is 8. The minimum Gasteiger partial charge on any atom is -0.449 e. The van der Waals surface area contributed by atoms with Crippen molar-refractivity contribution in [3.63, 3.8) is 0 Å². The summed E-state index contributed by atoms with van der Waals surface area (Å²) in [6.07, 6.45) is 19.6. The van der Waals surface area contributed by atoms with Crippen LogP contribution in [0.3, 0.4) is 0 Å². The maximum absolute atomic E-state index is 13.7. The van der Waals surface area contributed by atoms with Crippen LogP contribution in [0.1, 0.15) is 141 Å². The zero-order valence-corrected chi connectivity index (χ0v) is 26.6. The average molecular weight is 615 g/mol. The molecular weight excluding hydrogens is 560 g/mol. The minimum atomic E-state index is -0.600. The fourth-order valence-corrected chi connectivity index (χ4v) is 9.25. The van der Waals surface area contributed by atoms with Gasteiger partial charge in [-0.1, -0.05) is 64.2 Å². The minimum absolute atomic E-state index is 0.0795. The van der Waals surface area contributed by atoms with E-state index >= 15 is 0 Å². The third-order valence-corrected chi connectivity index (χ3v) is 11.6. The summed E-state index contributed by atoms with van der Waals surface area (Å²) in [4.78, 5) is 56.8. The van der Waals surface area contributed by atoms with Crippen LogP contribution in [0.15, 0.2) is 0 Å². The summed E-state index contributed by atoms with van der Waals surface area (Å²) in [7, 11) is 0. The number of unbranched alkanes of at least 4 members (excludes halogenated alkanes) is 3. The lowest BCUT2D eigenvalue weighted by Crippen LogP contribution is -2.73. The van der Waals surface area contributed by atoms with Crippen LogP contribution in [0, 0.1) is 0 Å². The normalized spacial score (nSPS) is 31.4. The number of hydrogen-bond donors (Lipinski definition) is 2. The molecule has 10 nitrogen and oxygen atoms in total. The summed E-state index contributed by atoms with van der Waals surface area (Å²) in [5.74, 6) is -0.159. The smallest absolute Gasteiger partial charge is 0.416 e. The third-order valence-electron chi connectivity index (χ3n) is 11.6. The van der Waals surface area contributed by atoms with Gasteiger partial charge >= 0.3 is 12.2 Å². The predicted molar refractivity (Wildman–Crippen MR) is 165 cm³/mol. The summed E-state index contributed by atoms with van der Waals surface area (Å²) in [5, 5.41) is 7.40. The van der Waals surface area contributed by atoms with E-state index in [0.717, 1.165) is 128 Å². The van der Waals surface area contributed by atoms with Gasteiger partial charge in [-0.25, -0.2) is 19.4 Å². The Hall–Kier alpha value is -2.20. The van der Waals surface area contributed by atoms with E-state index in [0.29, 0.717) is 12.8 Å². The highest BCUT2D eigenvalue weighted by molar-refractivity contribution is 5.99. The first-order valence-corrected chi connectivity index (χ1v) is 18.0. The van der Waals surface area contributed by atoms with Gasteiger partial charge in [0.1, 0.15) is 0 Å². The van der Waals surface area contributed by atoms with Gasteiger partial charge in [-0.2, -0.15) is 0 Å². The van der Waals surface area contributed by atoms with Crippen molar-refractivity contribution in [3.05, 3.63) is 0 Å². The number of ether oxygens (including phenoxy) is 2. The number of nitrogens with one attached hydrogen (secondary N) is 2. The summed E-state index contributed by atoms with van der Waals surface area (Å²) < 4.78 is 11.4. The number of fused-ring (bicyclic) bond motifs is 2. The van der Waals surface area contributed by atoms with Crippen molar-refractivity contribution in [1.29, 1.82) is 0 Å². The van der Waals surface area contributed by atoms with E-state index in [1.54, 1.807) is 0 Å². The molecule has 44 heavy (non-hydrogen) atoms. The SMILES string of the molecule is O=C(OCCCCCCOC(=O)N1C(=O)C2(CCCCC2)N[C@H]2CCCC[C@@H]21)N1C(=O)C2(CCCCC2)N[C@H]2CCCC[C@@H]21. The molecule has 0 aromatic heterocycles. The molecule has 2 N–H and O–H groups in total. The Bertz CT molecular complexity index is 972. The molecule has 6 fully saturated rings. The fraction of sp³-hybridized carbons (Fsp3) is 0.882. The monoisotopic (exact) mass is 614 g/mol. The molecule has 2 aliphatic heterocycles. The molecule has 246 valence electrons. The molecule has 6 aliphatic rings. The largest absolute Gasteiger partial charge is 0.449 e. The molecule has 2 saturated heterocycles. The number of carbonyl (C=O) groups excluding carboxylic acids is 4. The fourth-order valence-electron chi connectivity index (χ4n) is 9.25. The number of rotatable bonds is 7. The van der Waals surface area contributed by atoms with Gasteiger partial charge in [0.15, 0.2) is 0 Å². The van der Waals surface area contributed by atoms with Gasteiger partial charge in [-0.15, -0.1) is 0 Å². The first kappa shape index (κ1) is 31.8. The molecule has 2 spiro atoms. The van der Waals surface area contributed by atoms with Crippen LogP contribution in [0.25, 0.3) is 0 Å². The van der Waals surface area contributed by atoms with Crippen molar-refractivity contribution in [2.45, 2.75) is 177 Å². The van der Waals surface area contributed by atoms with Crippen LogP contribution in [0.5, 0.6) is 0 Å². The number of amides is 4. The van der Waals surface area contributed by atoms with Crippen molar-refractivity contribution in [2.24, 2.45) is 0 Å². The molecule has 2 heterocycles. The first-order chi connectivity index (χ1) is 21.4. The molecule has 10 heteroatoms. The van der Waals surface area contributed by atoms with Gasteiger partial charge in [0.05, 0.1) is 36.4 Å². The Kier molecular flexibility index (Phi) is 10.2. The molecule has 0 radical (unpaired) electrons. The highest BCUT2D eigenvalue weighted by atomic mass is 16.6. The van der Waals surface area contributed by atoms with Gasteiger partial charge in [0.25, 0.3) is 11.8 Å². The summed E-state index contributed by atoms with van der Waals surface area (Å²) in [5.41, 5.74) is -1.20. The summed E-state index contributed by atoms with van der Waals surface area (Å²) in [6.45, 7) is 0.557. The number of imide groups is 2. The van der Waals surface area contributed by atoms with Crippen molar-refractivity contribution in [1.82, 2.24) is 20.4 Å².